The van der Waals surface area contributed by atoms with Gasteiger partial charge in [0.05, 0.1) is 0 Å². The molecule has 0 aromatic carbocycles. The molecule has 0 aromatic rings. The van der Waals surface area contributed by atoms with Crippen LogP contribution in [0.25, 0.3) is 0 Å². The van der Waals surface area contributed by atoms with Gasteiger partial charge >= 0.3 is 11.9 Å². The Morgan fingerprint density at radius 1 is 0.514 bits per heavy atom. The van der Waals surface area contributed by atoms with Crippen molar-refractivity contribution in [2.24, 2.45) is 0 Å². The molecule has 0 unspecified atom stereocenters. The Labute approximate surface area is 218 Å². The summed E-state index contributed by atoms with van der Waals surface area (Å²) in [6, 6.07) is 0. The highest BCUT2D eigenvalue weighted by molar-refractivity contribution is 5.86. The minimum absolute atomic E-state index is 0.0940. The van der Waals surface area contributed by atoms with Crippen molar-refractivity contribution in [3.05, 3.63) is 12.2 Å². The monoisotopic (exact) mass is 494 g/mol. The second-order valence-corrected chi connectivity index (χ2v) is 10.3. The Kier molecular flexibility index (Phi) is 26.2. The molecule has 0 aliphatic carbocycles. The lowest BCUT2D eigenvalue weighted by Gasteiger charge is -2.06. The van der Waals surface area contributed by atoms with Crippen molar-refractivity contribution in [1.82, 2.24) is 0 Å². The summed E-state index contributed by atoms with van der Waals surface area (Å²) in [5.74, 6) is -0.648. The molecule has 0 aliphatic heterocycles. The lowest BCUT2D eigenvalue weighted by Crippen LogP contribution is -2.14. The van der Waals surface area contributed by atoms with Crippen LogP contribution in [0.1, 0.15) is 162 Å². The van der Waals surface area contributed by atoms with Crippen LogP contribution < -0.4 is 0 Å². The molecule has 0 fully saturated rings. The van der Waals surface area contributed by atoms with Crippen molar-refractivity contribution < 1.29 is 19.1 Å². The molecule has 0 aliphatic rings. The van der Waals surface area contributed by atoms with Crippen LogP contribution in [0.15, 0.2) is 12.2 Å². The summed E-state index contributed by atoms with van der Waals surface area (Å²) in [4.78, 5) is 22.9. The van der Waals surface area contributed by atoms with Crippen LogP contribution in [0.3, 0.4) is 0 Å². The first-order valence-electron chi connectivity index (χ1n) is 15.1. The molecule has 0 bridgehead atoms. The number of unbranched alkanes of at least 4 members (excludes halogenated alkanes) is 21. The standard InChI is InChI=1S/C31H58O4/c1-4-5-6-7-8-9-10-11-12-13-14-15-16-17-18-19-20-21-22-23-24-25-26-30(32)34-27-28-35-31(33)29(2)3/h2,4-28H2,1,3H3. The number of carbonyl (C=O) groups is 2. The number of carbonyl (C=O) groups excluding carboxylic acids is 2. The summed E-state index contributed by atoms with van der Waals surface area (Å²) in [6.07, 6.45) is 30.4. The van der Waals surface area contributed by atoms with Gasteiger partial charge in [0, 0.05) is 12.0 Å². The van der Waals surface area contributed by atoms with Crippen molar-refractivity contribution >= 4 is 11.9 Å². The van der Waals surface area contributed by atoms with E-state index in [1.54, 1.807) is 6.92 Å². The predicted octanol–water partition coefficient (Wildman–Crippen LogP) is 9.64. The van der Waals surface area contributed by atoms with E-state index in [1.165, 1.54) is 128 Å². The van der Waals surface area contributed by atoms with E-state index in [4.69, 9.17) is 9.47 Å². The Bertz CT molecular complexity index is 500. The van der Waals surface area contributed by atoms with Crippen LogP contribution in [0.5, 0.6) is 0 Å². The molecule has 0 aromatic heterocycles. The summed E-state index contributed by atoms with van der Waals surface area (Å²) >= 11 is 0. The zero-order chi connectivity index (χ0) is 25.8. The van der Waals surface area contributed by atoms with Crippen LogP contribution in [0, 0.1) is 0 Å². The second-order valence-electron chi connectivity index (χ2n) is 10.3. The molecule has 0 heterocycles. The third kappa shape index (κ3) is 27.1. The molecule has 0 saturated heterocycles. The van der Waals surface area contributed by atoms with E-state index in [9.17, 15) is 9.59 Å². The summed E-state index contributed by atoms with van der Waals surface area (Å²) in [5.41, 5.74) is 0.353. The number of ether oxygens (including phenoxy) is 2. The largest absolute Gasteiger partial charge is 0.462 e. The fourth-order valence-corrected chi connectivity index (χ4v) is 4.36. The van der Waals surface area contributed by atoms with Crippen molar-refractivity contribution in [1.29, 1.82) is 0 Å². The van der Waals surface area contributed by atoms with E-state index >= 15 is 0 Å². The summed E-state index contributed by atoms with van der Waals surface area (Å²) in [5, 5.41) is 0. The molecular formula is C31H58O4. The third-order valence-electron chi connectivity index (χ3n) is 6.66. The van der Waals surface area contributed by atoms with Gasteiger partial charge in [-0.15, -0.1) is 0 Å². The van der Waals surface area contributed by atoms with Crippen molar-refractivity contribution in [3.63, 3.8) is 0 Å². The van der Waals surface area contributed by atoms with E-state index in [1.807, 2.05) is 0 Å². The van der Waals surface area contributed by atoms with Gasteiger partial charge in [-0.3, -0.25) is 4.79 Å². The van der Waals surface area contributed by atoms with Gasteiger partial charge < -0.3 is 9.47 Å². The van der Waals surface area contributed by atoms with Crippen molar-refractivity contribution in [2.75, 3.05) is 13.2 Å². The highest BCUT2D eigenvalue weighted by atomic mass is 16.6. The van der Waals surface area contributed by atoms with Gasteiger partial charge in [-0.25, -0.2) is 4.79 Å². The molecule has 4 heteroatoms. The van der Waals surface area contributed by atoms with Gasteiger partial charge in [0.1, 0.15) is 13.2 Å². The molecular weight excluding hydrogens is 436 g/mol. The molecule has 206 valence electrons. The maximum Gasteiger partial charge on any atom is 0.333 e. The molecule has 4 nitrogen and oxygen atoms in total. The van der Waals surface area contributed by atoms with Gasteiger partial charge in [-0.05, 0) is 13.3 Å². The molecule has 0 saturated carbocycles. The zero-order valence-electron chi connectivity index (χ0n) is 23.5. The lowest BCUT2D eigenvalue weighted by molar-refractivity contribution is -0.150. The SMILES string of the molecule is C=C(C)C(=O)OCCOC(=O)CCCCCCCCCCCCCCCCCCCCCCCC. The topological polar surface area (TPSA) is 52.6 Å². The Morgan fingerprint density at radius 3 is 1.17 bits per heavy atom. The molecule has 0 radical (unpaired) electrons. The molecule has 0 amide bonds. The van der Waals surface area contributed by atoms with Gasteiger partial charge in [-0.2, -0.15) is 0 Å². The summed E-state index contributed by atoms with van der Waals surface area (Å²) in [6.45, 7) is 7.60. The number of esters is 2. The van der Waals surface area contributed by atoms with Gasteiger partial charge in [-0.1, -0.05) is 148 Å². The molecule has 35 heavy (non-hydrogen) atoms. The maximum atomic E-state index is 11.7. The maximum absolute atomic E-state index is 11.7. The van der Waals surface area contributed by atoms with Crippen molar-refractivity contribution in [3.8, 4) is 0 Å². The van der Waals surface area contributed by atoms with E-state index in [0.29, 0.717) is 12.0 Å². The minimum Gasteiger partial charge on any atom is -0.462 e. The highest BCUT2D eigenvalue weighted by Crippen LogP contribution is 2.15. The smallest absolute Gasteiger partial charge is 0.333 e. The first-order chi connectivity index (χ1) is 17.1. The van der Waals surface area contributed by atoms with Crippen LogP contribution in [0.4, 0.5) is 0 Å². The lowest BCUT2D eigenvalue weighted by atomic mass is 10.0. The fraction of sp³-hybridized carbons (Fsp3) is 0.871. The Morgan fingerprint density at radius 2 is 0.829 bits per heavy atom. The Hall–Kier alpha value is -1.32. The van der Waals surface area contributed by atoms with Gasteiger partial charge in [0.15, 0.2) is 0 Å². The first kappa shape index (κ1) is 33.7. The average molecular weight is 495 g/mol. The Balaban J connectivity index is 3.16. The van der Waals surface area contributed by atoms with E-state index < -0.39 is 5.97 Å². The molecule has 0 spiro atoms. The fourth-order valence-electron chi connectivity index (χ4n) is 4.36. The number of hydrogen-bond acceptors (Lipinski definition) is 4. The average Bonchev–Trinajstić information content (AvgIpc) is 2.84. The molecule has 0 N–H and O–H groups in total. The third-order valence-corrected chi connectivity index (χ3v) is 6.66. The summed E-state index contributed by atoms with van der Waals surface area (Å²) < 4.78 is 9.96. The van der Waals surface area contributed by atoms with E-state index in [0.717, 1.165) is 12.8 Å². The van der Waals surface area contributed by atoms with Gasteiger partial charge in [0.2, 0.25) is 0 Å². The van der Waals surface area contributed by atoms with Crippen LogP contribution in [-0.2, 0) is 19.1 Å². The zero-order valence-corrected chi connectivity index (χ0v) is 23.5. The van der Waals surface area contributed by atoms with Crippen LogP contribution >= 0.6 is 0 Å². The van der Waals surface area contributed by atoms with Gasteiger partial charge in [0.25, 0.3) is 0 Å². The molecule has 0 rings (SSSR count). The van der Waals surface area contributed by atoms with Crippen LogP contribution in [0.2, 0.25) is 0 Å². The van der Waals surface area contributed by atoms with E-state index in [2.05, 4.69) is 13.5 Å². The highest BCUT2D eigenvalue weighted by Gasteiger charge is 2.05. The normalized spacial score (nSPS) is 10.9. The second kappa shape index (κ2) is 27.3. The first-order valence-corrected chi connectivity index (χ1v) is 15.1. The van der Waals surface area contributed by atoms with Crippen molar-refractivity contribution in [2.45, 2.75) is 162 Å². The number of rotatable bonds is 27. The minimum atomic E-state index is -0.444. The van der Waals surface area contributed by atoms with E-state index in [-0.39, 0.29) is 19.2 Å². The van der Waals surface area contributed by atoms with Crippen LogP contribution in [-0.4, -0.2) is 25.2 Å². The number of hydrogen-bond donors (Lipinski definition) is 0. The quantitative estimate of drug-likeness (QED) is 0.0648. The predicted molar refractivity (Wildman–Crippen MR) is 149 cm³/mol. The molecule has 0 atom stereocenters. The summed E-state index contributed by atoms with van der Waals surface area (Å²) in [7, 11) is 0.